The Morgan fingerprint density at radius 3 is 2.50 bits per heavy atom. The Labute approximate surface area is 98.3 Å². The molecule has 2 heteroatoms. The first-order chi connectivity index (χ1) is 7.63. The van der Waals surface area contributed by atoms with Crippen molar-refractivity contribution < 1.29 is 4.79 Å². The van der Waals surface area contributed by atoms with Crippen LogP contribution in [0.4, 0.5) is 5.69 Å². The molecule has 1 rings (SSSR count). The topological polar surface area (TPSA) is 20.3 Å². The maximum Gasteiger partial charge on any atom is 0.150 e. The van der Waals surface area contributed by atoms with Gasteiger partial charge in [0.25, 0.3) is 0 Å². The van der Waals surface area contributed by atoms with Crippen molar-refractivity contribution in [2.45, 2.75) is 40.2 Å². The predicted molar refractivity (Wildman–Crippen MR) is 69.3 cm³/mol. The van der Waals surface area contributed by atoms with Gasteiger partial charge in [0, 0.05) is 23.8 Å². The van der Waals surface area contributed by atoms with Crippen LogP contribution in [0.5, 0.6) is 0 Å². The molecule has 0 aromatic heterocycles. The van der Waals surface area contributed by atoms with E-state index in [1.54, 1.807) is 0 Å². The van der Waals surface area contributed by atoms with E-state index in [9.17, 15) is 4.79 Å². The SMILES string of the molecule is CCC(C)N(CC)c1ccc(C=O)c(C)c1. The molecule has 0 aliphatic rings. The van der Waals surface area contributed by atoms with Crippen LogP contribution in [0.25, 0.3) is 0 Å². The minimum absolute atomic E-state index is 0.534. The zero-order valence-electron chi connectivity index (χ0n) is 10.7. The van der Waals surface area contributed by atoms with Crippen molar-refractivity contribution in [3.05, 3.63) is 29.3 Å². The summed E-state index contributed by atoms with van der Waals surface area (Å²) in [6.07, 6.45) is 2.04. The van der Waals surface area contributed by atoms with Crippen molar-refractivity contribution in [3.8, 4) is 0 Å². The van der Waals surface area contributed by atoms with Crippen molar-refractivity contribution in [2.75, 3.05) is 11.4 Å². The second kappa shape index (κ2) is 5.69. The summed E-state index contributed by atoms with van der Waals surface area (Å²) < 4.78 is 0. The van der Waals surface area contributed by atoms with Gasteiger partial charge in [-0.1, -0.05) is 6.92 Å². The highest BCUT2D eigenvalue weighted by Crippen LogP contribution is 2.21. The number of anilines is 1. The van der Waals surface area contributed by atoms with Gasteiger partial charge in [-0.05, 0) is 51.0 Å². The summed E-state index contributed by atoms with van der Waals surface area (Å²) in [4.78, 5) is 13.1. The lowest BCUT2D eigenvalue weighted by atomic mass is 10.1. The Morgan fingerprint density at radius 2 is 2.06 bits per heavy atom. The van der Waals surface area contributed by atoms with Crippen LogP contribution in [0.1, 0.15) is 43.1 Å². The van der Waals surface area contributed by atoms with Gasteiger partial charge in [-0.15, -0.1) is 0 Å². The predicted octanol–water partition coefficient (Wildman–Crippen LogP) is 3.43. The van der Waals surface area contributed by atoms with Crippen LogP contribution in [-0.4, -0.2) is 18.9 Å². The van der Waals surface area contributed by atoms with Gasteiger partial charge in [-0.3, -0.25) is 4.79 Å². The average molecular weight is 219 g/mol. The Kier molecular flexibility index (Phi) is 4.53. The van der Waals surface area contributed by atoms with Crippen LogP contribution >= 0.6 is 0 Å². The Hall–Kier alpha value is -1.31. The quantitative estimate of drug-likeness (QED) is 0.707. The molecule has 0 heterocycles. The molecule has 88 valence electrons. The summed E-state index contributed by atoms with van der Waals surface area (Å²) in [6.45, 7) is 9.56. The van der Waals surface area contributed by atoms with Crippen LogP contribution in [0.15, 0.2) is 18.2 Å². The molecule has 2 nitrogen and oxygen atoms in total. The Bertz CT molecular complexity index is 360. The highest BCUT2D eigenvalue weighted by molar-refractivity contribution is 5.78. The minimum Gasteiger partial charge on any atom is -0.369 e. The molecule has 0 saturated carbocycles. The van der Waals surface area contributed by atoms with Gasteiger partial charge in [-0.2, -0.15) is 0 Å². The number of aldehydes is 1. The number of hydrogen-bond acceptors (Lipinski definition) is 2. The zero-order valence-corrected chi connectivity index (χ0v) is 10.7. The van der Waals surface area contributed by atoms with Gasteiger partial charge in [0.05, 0.1) is 0 Å². The van der Waals surface area contributed by atoms with Gasteiger partial charge < -0.3 is 4.90 Å². The van der Waals surface area contributed by atoms with E-state index in [0.29, 0.717) is 6.04 Å². The second-order valence-electron chi connectivity index (χ2n) is 4.20. The van der Waals surface area contributed by atoms with Crippen LogP contribution < -0.4 is 4.90 Å². The first-order valence-corrected chi connectivity index (χ1v) is 5.96. The molecular weight excluding hydrogens is 198 g/mol. The van der Waals surface area contributed by atoms with Crippen LogP contribution in [-0.2, 0) is 0 Å². The van der Waals surface area contributed by atoms with Crippen LogP contribution in [0.2, 0.25) is 0 Å². The fraction of sp³-hybridized carbons (Fsp3) is 0.500. The molecule has 16 heavy (non-hydrogen) atoms. The van der Waals surface area contributed by atoms with Gasteiger partial charge in [0.15, 0.2) is 0 Å². The fourth-order valence-electron chi connectivity index (χ4n) is 1.94. The van der Waals surface area contributed by atoms with Crippen molar-refractivity contribution in [1.82, 2.24) is 0 Å². The summed E-state index contributed by atoms with van der Waals surface area (Å²) >= 11 is 0. The van der Waals surface area contributed by atoms with E-state index in [4.69, 9.17) is 0 Å². The third-order valence-electron chi connectivity index (χ3n) is 3.18. The highest BCUT2D eigenvalue weighted by atomic mass is 16.1. The Balaban J connectivity index is 3.02. The maximum atomic E-state index is 10.8. The number of hydrogen-bond donors (Lipinski definition) is 0. The van der Waals surface area contributed by atoms with Gasteiger partial charge in [0.2, 0.25) is 0 Å². The molecule has 0 saturated heterocycles. The van der Waals surface area contributed by atoms with Crippen LogP contribution in [0.3, 0.4) is 0 Å². The third-order valence-corrected chi connectivity index (χ3v) is 3.18. The number of benzene rings is 1. The summed E-state index contributed by atoms with van der Waals surface area (Å²) in [5.74, 6) is 0. The minimum atomic E-state index is 0.534. The lowest BCUT2D eigenvalue weighted by Crippen LogP contribution is -2.32. The molecule has 0 aliphatic carbocycles. The number of carbonyl (C=O) groups excluding carboxylic acids is 1. The standard InChI is InChI=1S/C14H21NO/c1-5-12(4)15(6-2)14-8-7-13(10-16)11(3)9-14/h7-10,12H,5-6H2,1-4H3. The monoisotopic (exact) mass is 219 g/mol. The van der Waals surface area contributed by atoms with Crippen molar-refractivity contribution in [2.24, 2.45) is 0 Å². The van der Waals surface area contributed by atoms with E-state index in [1.807, 2.05) is 19.1 Å². The number of rotatable bonds is 5. The van der Waals surface area contributed by atoms with Crippen LogP contribution in [0, 0.1) is 6.92 Å². The van der Waals surface area contributed by atoms with Gasteiger partial charge in [0.1, 0.15) is 6.29 Å². The summed E-state index contributed by atoms with van der Waals surface area (Å²) in [7, 11) is 0. The number of aryl methyl sites for hydroxylation is 1. The van der Waals surface area contributed by atoms with E-state index >= 15 is 0 Å². The molecule has 0 fully saturated rings. The molecule has 0 aliphatic heterocycles. The fourth-order valence-corrected chi connectivity index (χ4v) is 1.94. The Morgan fingerprint density at radius 1 is 1.38 bits per heavy atom. The van der Waals surface area contributed by atoms with E-state index in [2.05, 4.69) is 31.7 Å². The molecule has 1 aromatic carbocycles. The normalized spacial score (nSPS) is 12.2. The third kappa shape index (κ3) is 2.63. The zero-order chi connectivity index (χ0) is 12.1. The molecule has 1 unspecified atom stereocenters. The van der Waals surface area contributed by atoms with Crippen molar-refractivity contribution in [3.63, 3.8) is 0 Å². The van der Waals surface area contributed by atoms with Gasteiger partial charge >= 0.3 is 0 Å². The van der Waals surface area contributed by atoms with E-state index in [0.717, 1.165) is 30.4 Å². The van der Waals surface area contributed by atoms with E-state index in [-0.39, 0.29) is 0 Å². The molecular formula is C14H21NO. The number of carbonyl (C=O) groups is 1. The maximum absolute atomic E-state index is 10.8. The molecule has 0 N–H and O–H groups in total. The molecule has 1 aromatic rings. The molecule has 0 bridgehead atoms. The van der Waals surface area contributed by atoms with E-state index < -0.39 is 0 Å². The summed E-state index contributed by atoms with van der Waals surface area (Å²) in [5, 5.41) is 0. The highest BCUT2D eigenvalue weighted by Gasteiger charge is 2.11. The molecule has 0 amide bonds. The smallest absolute Gasteiger partial charge is 0.150 e. The molecule has 0 spiro atoms. The molecule has 0 radical (unpaired) electrons. The summed E-state index contributed by atoms with van der Waals surface area (Å²) in [5.41, 5.74) is 3.04. The molecule has 1 atom stereocenters. The number of nitrogens with zero attached hydrogens (tertiary/aromatic N) is 1. The second-order valence-corrected chi connectivity index (χ2v) is 4.20. The lowest BCUT2D eigenvalue weighted by Gasteiger charge is -2.30. The van der Waals surface area contributed by atoms with E-state index in [1.165, 1.54) is 5.69 Å². The van der Waals surface area contributed by atoms with Gasteiger partial charge in [-0.25, -0.2) is 0 Å². The first-order valence-electron chi connectivity index (χ1n) is 5.96. The lowest BCUT2D eigenvalue weighted by molar-refractivity contribution is 0.112. The van der Waals surface area contributed by atoms with Crippen molar-refractivity contribution >= 4 is 12.0 Å². The first kappa shape index (κ1) is 12.8. The summed E-state index contributed by atoms with van der Waals surface area (Å²) in [6, 6.07) is 6.57. The average Bonchev–Trinajstić information content (AvgIpc) is 2.30. The largest absolute Gasteiger partial charge is 0.369 e. The van der Waals surface area contributed by atoms with Crippen molar-refractivity contribution in [1.29, 1.82) is 0 Å².